The number of ether oxygens (including phenoxy) is 2. The first-order valence-electron chi connectivity index (χ1n) is 7.53. The van der Waals surface area contributed by atoms with Crippen LogP contribution in [0.1, 0.15) is 50.2 Å². The number of benzene rings is 1. The molecule has 1 saturated carbocycles. The molecule has 0 saturated heterocycles. The number of fused-ring (bicyclic) bond motifs is 1. The van der Waals surface area contributed by atoms with Gasteiger partial charge in [-0.2, -0.15) is 0 Å². The van der Waals surface area contributed by atoms with Crippen LogP contribution in [0.15, 0.2) is 6.07 Å². The molecule has 1 aromatic carbocycles. The Morgan fingerprint density at radius 3 is 2.65 bits per heavy atom. The van der Waals surface area contributed by atoms with Crippen LogP contribution < -0.4 is 15.2 Å². The van der Waals surface area contributed by atoms with E-state index in [1.54, 1.807) is 0 Å². The number of hydrogen-bond donors (Lipinski definition) is 1. The molecule has 0 atom stereocenters. The zero-order chi connectivity index (χ0) is 14.2. The van der Waals surface area contributed by atoms with Crippen molar-refractivity contribution in [3.8, 4) is 11.5 Å². The molecule has 20 heavy (non-hydrogen) atoms. The Hall–Kier alpha value is -0.930. The molecule has 4 heteroatoms. The maximum absolute atomic E-state index is 6.55. The monoisotopic (exact) mass is 295 g/mol. The minimum Gasteiger partial charge on any atom is -0.454 e. The molecule has 1 aliphatic carbocycles. The summed E-state index contributed by atoms with van der Waals surface area (Å²) in [5, 5.41) is 0.718. The van der Waals surface area contributed by atoms with Gasteiger partial charge in [-0.05, 0) is 36.5 Å². The second kappa shape index (κ2) is 5.45. The Morgan fingerprint density at radius 2 is 2.00 bits per heavy atom. The Labute approximate surface area is 125 Å². The summed E-state index contributed by atoms with van der Waals surface area (Å²) in [6.45, 7) is 3.08. The Balaban J connectivity index is 2.14. The molecule has 1 aromatic rings. The number of halogens is 1. The largest absolute Gasteiger partial charge is 0.454 e. The fraction of sp³-hybridized carbons (Fsp3) is 0.625. The van der Waals surface area contributed by atoms with Crippen LogP contribution in [-0.4, -0.2) is 13.3 Å². The molecular formula is C16H22ClNO2. The van der Waals surface area contributed by atoms with Crippen LogP contribution in [0.5, 0.6) is 11.5 Å². The number of rotatable bonds is 3. The molecule has 3 rings (SSSR count). The highest BCUT2D eigenvalue weighted by Crippen LogP contribution is 2.49. The van der Waals surface area contributed by atoms with E-state index in [0.29, 0.717) is 12.3 Å². The van der Waals surface area contributed by atoms with Crippen LogP contribution in [0.4, 0.5) is 0 Å². The number of nitrogens with two attached hydrogens (primary N) is 1. The van der Waals surface area contributed by atoms with Gasteiger partial charge in [-0.1, -0.05) is 37.8 Å². The Bertz CT molecular complexity index is 510. The maximum atomic E-state index is 6.55. The van der Waals surface area contributed by atoms with Crippen molar-refractivity contribution in [2.75, 3.05) is 13.3 Å². The Kier molecular flexibility index (Phi) is 3.83. The standard InChI is InChI=1S/C16H22ClNO2/c1-2-11-12(16(9-18)6-4-3-5-7-16)8-13-15(14(11)17)20-10-19-13/h8H,2-7,9-10,18H2,1H3. The van der Waals surface area contributed by atoms with E-state index in [-0.39, 0.29) is 12.2 Å². The van der Waals surface area contributed by atoms with Crippen molar-refractivity contribution >= 4 is 11.6 Å². The molecule has 0 spiro atoms. The summed E-state index contributed by atoms with van der Waals surface area (Å²) in [4.78, 5) is 0. The summed E-state index contributed by atoms with van der Waals surface area (Å²) in [5.74, 6) is 1.48. The van der Waals surface area contributed by atoms with Gasteiger partial charge in [0.1, 0.15) is 0 Å². The van der Waals surface area contributed by atoms with Crippen LogP contribution in [0, 0.1) is 0 Å². The first-order chi connectivity index (χ1) is 9.72. The molecule has 0 aromatic heterocycles. The fourth-order valence-corrected chi connectivity index (χ4v) is 4.05. The third-order valence-corrected chi connectivity index (χ3v) is 5.23. The quantitative estimate of drug-likeness (QED) is 0.922. The van der Waals surface area contributed by atoms with E-state index >= 15 is 0 Å². The second-order valence-electron chi connectivity index (χ2n) is 5.85. The third-order valence-electron chi connectivity index (χ3n) is 4.83. The lowest BCUT2D eigenvalue weighted by molar-refractivity contribution is 0.174. The van der Waals surface area contributed by atoms with Crippen molar-refractivity contribution in [1.29, 1.82) is 0 Å². The Morgan fingerprint density at radius 1 is 1.25 bits per heavy atom. The lowest BCUT2D eigenvalue weighted by Crippen LogP contribution is -2.38. The summed E-state index contributed by atoms with van der Waals surface area (Å²) in [5.41, 5.74) is 8.71. The van der Waals surface area contributed by atoms with Gasteiger partial charge in [-0.15, -0.1) is 0 Å². The van der Waals surface area contributed by atoms with Gasteiger partial charge >= 0.3 is 0 Å². The molecular weight excluding hydrogens is 274 g/mol. The average molecular weight is 296 g/mol. The predicted octanol–water partition coefficient (Wildman–Crippen LogP) is 3.79. The SMILES string of the molecule is CCc1c(C2(CN)CCCCC2)cc2c(c1Cl)OCO2. The van der Waals surface area contributed by atoms with E-state index in [4.69, 9.17) is 26.8 Å². The van der Waals surface area contributed by atoms with Gasteiger partial charge in [0.2, 0.25) is 6.79 Å². The van der Waals surface area contributed by atoms with Crippen molar-refractivity contribution in [2.45, 2.75) is 50.9 Å². The summed E-state index contributed by atoms with van der Waals surface area (Å²) in [6.07, 6.45) is 6.98. The van der Waals surface area contributed by atoms with Gasteiger partial charge in [0, 0.05) is 12.0 Å². The maximum Gasteiger partial charge on any atom is 0.231 e. The fourth-order valence-electron chi connectivity index (χ4n) is 3.67. The lowest BCUT2D eigenvalue weighted by atomic mass is 9.68. The lowest BCUT2D eigenvalue weighted by Gasteiger charge is -2.38. The van der Waals surface area contributed by atoms with E-state index in [1.807, 2.05) is 0 Å². The van der Waals surface area contributed by atoms with E-state index in [0.717, 1.165) is 30.0 Å². The topological polar surface area (TPSA) is 44.5 Å². The predicted molar refractivity (Wildman–Crippen MR) is 80.8 cm³/mol. The minimum atomic E-state index is 0.0637. The molecule has 110 valence electrons. The number of hydrogen-bond acceptors (Lipinski definition) is 3. The van der Waals surface area contributed by atoms with Crippen LogP contribution in [0.3, 0.4) is 0 Å². The van der Waals surface area contributed by atoms with Gasteiger partial charge in [0.25, 0.3) is 0 Å². The van der Waals surface area contributed by atoms with Crippen molar-refractivity contribution in [2.24, 2.45) is 5.73 Å². The van der Waals surface area contributed by atoms with E-state index in [9.17, 15) is 0 Å². The highest BCUT2D eigenvalue weighted by molar-refractivity contribution is 6.33. The first-order valence-corrected chi connectivity index (χ1v) is 7.91. The van der Waals surface area contributed by atoms with Crippen molar-refractivity contribution < 1.29 is 9.47 Å². The van der Waals surface area contributed by atoms with Crippen molar-refractivity contribution in [3.63, 3.8) is 0 Å². The average Bonchev–Trinajstić information content (AvgIpc) is 2.96. The zero-order valence-corrected chi connectivity index (χ0v) is 12.8. The van der Waals surface area contributed by atoms with Gasteiger partial charge in [0.15, 0.2) is 11.5 Å². The molecule has 1 fully saturated rings. The molecule has 1 heterocycles. The molecule has 0 radical (unpaired) electrons. The summed E-state index contributed by atoms with van der Waals surface area (Å²) in [6, 6.07) is 2.13. The van der Waals surface area contributed by atoms with Crippen molar-refractivity contribution in [1.82, 2.24) is 0 Å². The van der Waals surface area contributed by atoms with Crippen molar-refractivity contribution in [3.05, 3.63) is 22.2 Å². The molecule has 2 aliphatic rings. The van der Waals surface area contributed by atoms with Crippen LogP contribution >= 0.6 is 11.6 Å². The molecule has 1 aliphatic heterocycles. The molecule has 3 nitrogen and oxygen atoms in total. The van der Waals surface area contributed by atoms with E-state index in [2.05, 4.69) is 13.0 Å². The normalized spacial score (nSPS) is 20.1. The highest BCUT2D eigenvalue weighted by Gasteiger charge is 2.37. The van der Waals surface area contributed by atoms with E-state index in [1.165, 1.54) is 30.4 Å². The molecule has 0 bridgehead atoms. The van der Waals surface area contributed by atoms with Gasteiger partial charge in [0.05, 0.1) is 5.02 Å². The second-order valence-corrected chi connectivity index (χ2v) is 6.23. The molecule has 0 unspecified atom stereocenters. The van der Waals surface area contributed by atoms with Crippen LogP contribution in [0.25, 0.3) is 0 Å². The molecule has 2 N–H and O–H groups in total. The third kappa shape index (κ3) is 2.08. The smallest absolute Gasteiger partial charge is 0.231 e. The minimum absolute atomic E-state index is 0.0637. The zero-order valence-electron chi connectivity index (χ0n) is 12.0. The van der Waals surface area contributed by atoms with Gasteiger partial charge in [-0.3, -0.25) is 0 Å². The van der Waals surface area contributed by atoms with Gasteiger partial charge < -0.3 is 15.2 Å². The van der Waals surface area contributed by atoms with Crippen LogP contribution in [0.2, 0.25) is 5.02 Å². The van der Waals surface area contributed by atoms with Gasteiger partial charge in [-0.25, -0.2) is 0 Å². The first kappa shape index (κ1) is 14.0. The summed E-state index contributed by atoms with van der Waals surface area (Å²) < 4.78 is 11.0. The molecule has 0 amide bonds. The summed E-state index contributed by atoms with van der Waals surface area (Å²) >= 11 is 6.55. The summed E-state index contributed by atoms with van der Waals surface area (Å²) in [7, 11) is 0. The van der Waals surface area contributed by atoms with E-state index < -0.39 is 0 Å². The highest BCUT2D eigenvalue weighted by atomic mass is 35.5. The van der Waals surface area contributed by atoms with Crippen LogP contribution in [-0.2, 0) is 11.8 Å².